The van der Waals surface area contributed by atoms with Crippen molar-refractivity contribution in [2.75, 3.05) is 43.0 Å². The molecule has 0 aliphatic carbocycles. The number of alkyl halides is 3. The standard InChI is InChI=1S/C24H33F3N8O4/c1-23(2,3)38-22(37)30-15-6-8-34(12-15)20-28-10-14(11-29-20)18(36)33(5)17-7-9-35(13-16(17)25)21-31-19(32-39-21)24(4,26)27/h10-11,15-17H,6-9,12-13H2,1-5H3,(H,30,37). The third kappa shape index (κ3) is 6.87. The first-order valence-corrected chi connectivity index (χ1v) is 12.7. The average molecular weight is 555 g/mol. The first-order chi connectivity index (χ1) is 18.2. The molecule has 0 aromatic carbocycles. The highest BCUT2D eigenvalue weighted by molar-refractivity contribution is 5.93. The number of aromatic nitrogens is 4. The zero-order chi connectivity index (χ0) is 28.5. The summed E-state index contributed by atoms with van der Waals surface area (Å²) in [7, 11) is 1.50. The van der Waals surface area contributed by atoms with Crippen molar-refractivity contribution < 1.29 is 32.0 Å². The predicted octanol–water partition coefficient (Wildman–Crippen LogP) is 2.76. The number of anilines is 2. The van der Waals surface area contributed by atoms with E-state index in [2.05, 4.69) is 25.4 Å². The van der Waals surface area contributed by atoms with E-state index in [9.17, 15) is 18.4 Å². The molecule has 2 saturated heterocycles. The van der Waals surface area contributed by atoms with Crippen molar-refractivity contribution >= 4 is 24.0 Å². The summed E-state index contributed by atoms with van der Waals surface area (Å²) in [5.74, 6) is -4.07. The number of amides is 2. The summed E-state index contributed by atoms with van der Waals surface area (Å²) >= 11 is 0. The Morgan fingerprint density at radius 2 is 1.77 bits per heavy atom. The lowest BCUT2D eigenvalue weighted by Crippen LogP contribution is -2.53. The third-order valence-corrected chi connectivity index (χ3v) is 6.48. The van der Waals surface area contributed by atoms with Gasteiger partial charge in [-0.1, -0.05) is 5.16 Å². The van der Waals surface area contributed by atoms with Crippen molar-refractivity contribution in [2.45, 2.75) is 70.3 Å². The molecule has 3 atom stereocenters. The number of hydrogen-bond acceptors (Lipinski definition) is 10. The molecule has 214 valence electrons. The van der Waals surface area contributed by atoms with E-state index in [1.807, 2.05) is 4.90 Å². The van der Waals surface area contributed by atoms with Crippen molar-refractivity contribution in [1.82, 2.24) is 30.3 Å². The average Bonchev–Trinajstić information content (AvgIpc) is 3.52. The van der Waals surface area contributed by atoms with Gasteiger partial charge in [-0.15, -0.1) is 0 Å². The van der Waals surface area contributed by atoms with Crippen LogP contribution in [0.2, 0.25) is 0 Å². The van der Waals surface area contributed by atoms with Gasteiger partial charge in [-0.05, 0) is 33.6 Å². The summed E-state index contributed by atoms with van der Waals surface area (Å²) in [6.07, 6.45) is 1.73. The molecule has 15 heteroatoms. The van der Waals surface area contributed by atoms with E-state index in [0.29, 0.717) is 32.4 Å². The van der Waals surface area contributed by atoms with Gasteiger partial charge in [0.2, 0.25) is 11.8 Å². The number of ether oxygens (including phenoxy) is 1. The summed E-state index contributed by atoms with van der Waals surface area (Å²) in [6, 6.07) is -1.06. The molecule has 3 unspecified atom stereocenters. The summed E-state index contributed by atoms with van der Waals surface area (Å²) in [5, 5.41) is 6.11. The van der Waals surface area contributed by atoms with E-state index in [4.69, 9.17) is 9.26 Å². The van der Waals surface area contributed by atoms with Crippen LogP contribution >= 0.6 is 0 Å². The molecule has 0 saturated carbocycles. The maximum absolute atomic E-state index is 15.1. The summed E-state index contributed by atoms with van der Waals surface area (Å²) in [5.41, 5.74) is -0.391. The Morgan fingerprint density at radius 1 is 1.10 bits per heavy atom. The molecule has 4 rings (SSSR count). The third-order valence-electron chi connectivity index (χ3n) is 6.48. The number of halogens is 3. The van der Waals surface area contributed by atoms with Crippen LogP contribution in [0.3, 0.4) is 0 Å². The Morgan fingerprint density at radius 3 is 2.36 bits per heavy atom. The molecular formula is C24H33F3N8O4. The Bertz CT molecular complexity index is 1170. The monoisotopic (exact) mass is 554 g/mol. The number of nitrogens with one attached hydrogen (secondary N) is 1. The number of alkyl carbamates (subject to hydrolysis) is 1. The van der Waals surface area contributed by atoms with E-state index in [1.54, 1.807) is 20.8 Å². The second-order valence-corrected chi connectivity index (χ2v) is 10.9. The molecule has 2 aliphatic heterocycles. The molecule has 1 N–H and O–H groups in total. The van der Waals surface area contributed by atoms with E-state index in [0.717, 1.165) is 0 Å². The molecule has 2 amide bonds. The van der Waals surface area contributed by atoms with Crippen LogP contribution in [0, 0.1) is 0 Å². The van der Waals surface area contributed by atoms with Gasteiger partial charge in [-0.3, -0.25) is 4.79 Å². The lowest BCUT2D eigenvalue weighted by Gasteiger charge is -2.38. The minimum atomic E-state index is -3.27. The molecule has 2 aromatic rings. The topological polar surface area (TPSA) is 130 Å². The van der Waals surface area contributed by atoms with Gasteiger partial charge in [0.15, 0.2) is 0 Å². The smallest absolute Gasteiger partial charge is 0.407 e. The zero-order valence-electron chi connectivity index (χ0n) is 22.5. The fourth-order valence-corrected chi connectivity index (χ4v) is 4.51. The molecule has 39 heavy (non-hydrogen) atoms. The number of carbonyl (C=O) groups excluding carboxylic acids is 2. The maximum atomic E-state index is 15.1. The van der Waals surface area contributed by atoms with Gasteiger partial charge in [0.05, 0.1) is 24.2 Å². The Labute approximate surface area is 223 Å². The number of carbonyl (C=O) groups is 2. The van der Waals surface area contributed by atoms with Gasteiger partial charge in [-0.25, -0.2) is 19.2 Å². The van der Waals surface area contributed by atoms with Gasteiger partial charge >= 0.3 is 18.0 Å². The van der Waals surface area contributed by atoms with Crippen molar-refractivity contribution in [2.24, 2.45) is 0 Å². The van der Waals surface area contributed by atoms with Crippen LogP contribution in [0.1, 0.15) is 56.7 Å². The largest absolute Gasteiger partial charge is 0.444 e. The van der Waals surface area contributed by atoms with E-state index >= 15 is 4.39 Å². The molecule has 4 heterocycles. The minimum Gasteiger partial charge on any atom is -0.444 e. The molecular weight excluding hydrogens is 521 g/mol. The number of rotatable bonds is 6. The number of nitrogens with zero attached hydrogens (tertiary/aromatic N) is 7. The Balaban J connectivity index is 1.31. The lowest BCUT2D eigenvalue weighted by molar-refractivity contribution is 0.00557. The SMILES string of the molecule is CN(C(=O)c1cnc(N2CCC(NC(=O)OC(C)(C)C)C2)nc1)C1CCN(c2nc(C(C)(F)F)no2)CC1F. The van der Waals surface area contributed by atoms with Crippen LogP contribution in [0.25, 0.3) is 0 Å². The van der Waals surface area contributed by atoms with Gasteiger partial charge < -0.3 is 29.3 Å². The van der Waals surface area contributed by atoms with Crippen molar-refractivity contribution in [3.63, 3.8) is 0 Å². The summed E-state index contributed by atoms with van der Waals surface area (Å²) < 4.78 is 52.1. The summed E-state index contributed by atoms with van der Waals surface area (Å²) in [4.78, 5) is 41.9. The molecule has 2 aliphatic rings. The zero-order valence-corrected chi connectivity index (χ0v) is 22.5. The molecule has 2 aromatic heterocycles. The van der Waals surface area contributed by atoms with E-state index in [-0.39, 0.29) is 37.1 Å². The number of hydrogen-bond donors (Lipinski definition) is 1. The Hall–Kier alpha value is -3.65. The van der Waals surface area contributed by atoms with Crippen LogP contribution in [0.5, 0.6) is 0 Å². The lowest BCUT2D eigenvalue weighted by atomic mass is 10.0. The van der Waals surface area contributed by atoms with Gasteiger partial charge in [0.1, 0.15) is 11.8 Å². The molecule has 12 nitrogen and oxygen atoms in total. The molecule has 2 fully saturated rings. The van der Waals surface area contributed by atoms with Crippen molar-refractivity contribution in [3.05, 3.63) is 23.8 Å². The number of piperidine rings is 1. The van der Waals surface area contributed by atoms with E-state index < -0.39 is 41.6 Å². The fourth-order valence-electron chi connectivity index (χ4n) is 4.51. The van der Waals surface area contributed by atoms with Crippen LogP contribution < -0.4 is 15.1 Å². The Kier molecular flexibility index (Phi) is 7.89. The van der Waals surface area contributed by atoms with Crippen molar-refractivity contribution in [3.8, 4) is 0 Å². The van der Waals surface area contributed by atoms with Crippen LogP contribution in [0.4, 0.5) is 29.9 Å². The highest BCUT2D eigenvalue weighted by Gasteiger charge is 2.38. The second-order valence-electron chi connectivity index (χ2n) is 10.9. The molecule has 0 bridgehead atoms. The normalized spacial score (nSPS) is 22.1. The van der Waals surface area contributed by atoms with Gasteiger partial charge in [0, 0.05) is 46.0 Å². The van der Waals surface area contributed by atoms with Crippen LogP contribution in [-0.2, 0) is 10.7 Å². The van der Waals surface area contributed by atoms with Crippen LogP contribution in [0.15, 0.2) is 16.9 Å². The van der Waals surface area contributed by atoms with Gasteiger partial charge in [-0.2, -0.15) is 13.8 Å². The highest BCUT2D eigenvalue weighted by Crippen LogP contribution is 2.28. The summed E-state index contributed by atoms with van der Waals surface area (Å²) in [6.45, 7) is 7.18. The van der Waals surface area contributed by atoms with E-state index in [1.165, 1.54) is 29.2 Å². The minimum absolute atomic E-state index is 0.125. The maximum Gasteiger partial charge on any atom is 0.407 e. The fraction of sp³-hybridized carbons (Fsp3) is 0.667. The quantitative estimate of drug-likeness (QED) is 0.569. The first kappa shape index (κ1) is 28.4. The highest BCUT2D eigenvalue weighted by atomic mass is 19.3. The van der Waals surface area contributed by atoms with Gasteiger partial charge in [0.25, 0.3) is 5.91 Å². The van der Waals surface area contributed by atoms with Crippen molar-refractivity contribution in [1.29, 1.82) is 0 Å². The molecule has 0 radical (unpaired) electrons. The first-order valence-electron chi connectivity index (χ1n) is 12.7. The molecule has 0 spiro atoms. The van der Waals surface area contributed by atoms with Crippen LogP contribution in [-0.4, -0.2) is 94.1 Å². The predicted molar refractivity (Wildman–Crippen MR) is 133 cm³/mol. The second kappa shape index (κ2) is 10.8.